The number of allylic oxidation sites excluding steroid dienone is 1. The quantitative estimate of drug-likeness (QED) is 0.530. The van der Waals surface area contributed by atoms with Crippen LogP contribution in [0.2, 0.25) is 0 Å². The maximum absolute atomic E-state index is 14.4. The number of nitrogens with zero attached hydrogens (tertiary/aromatic N) is 2. The molecule has 1 aromatic carbocycles. The molecule has 0 amide bonds. The molecule has 3 heterocycles. The number of benzene rings is 1. The lowest BCUT2D eigenvalue weighted by Crippen LogP contribution is -2.51. The highest BCUT2D eigenvalue weighted by molar-refractivity contribution is 5.92. The Labute approximate surface area is 175 Å². The summed E-state index contributed by atoms with van der Waals surface area (Å²) in [4.78, 5) is 4.50. The number of hydrogen-bond acceptors (Lipinski definition) is 4. The average molecular weight is 431 g/mol. The van der Waals surface area contributed by atoms with E-state index in [2.05, 4.69) is 25.8 Å². The maximum atomic E-state index is 14.4. The van der Waals surface area contributed by atoms with Crippen molar-refractivity contribution < 1.29 is 17.6 Å². The Hall–Kier alpha value is -2.94. The summed E-state index contributed by atoms with van der Waals surface area (Å²) in [6, 6.07) is 7.31. The summed E-state index contributed by atoms with van der Waals surface area (Å²) >= 11 is 0. The third-order valence-electron chi connectivity index (χ3n) is 5.91. The lowest BCUT2D eigenvalue weighted by Gasteiger charge is -2.28. The van der Waals surface area contributed by atoms with Crippen LogP contribution in [0.3, 0.4) is 0 Å². The number of hydrogen-bond donors (Lipinski definition) is 3. The molecular formula is C22H21F4N5. The minimum absolute atomic E-state index is 0.278. The zero-order valence-corrected chi connectivity index (χ0v) is 16.6. The Kier molecular flexibility index (Phi) is 4.92. The first kappa shape index (κ1) is 20.0. The largest absolute Gasteiger partial charge is 0.392 e. The number of halogens is 4. The molecular weight excluding hydrogens is 410 g/mol. The smallest absolute Gasteiger partial charge is 0.379 e. The molecule has 1 fully saturated rings. The summed E-state index contributed by atoms with van der Waals surface area (Å²) < 4.78 is 54.6. The molecule has 5 nitrogen and oxygen atoms in total. The summed E-state index contributed by atoms with van der Waals surface area (Å²) in [6.45, 7) is 1.73. The number of alkyl halides is 3. The third kappa shape index (κ3) is 3.89. The van der Waals surface area contributed by atoms with E-state index >= 15 is 0 Å². The van der Waals surface area contributed by atoms with Gasteiger partial charge in [-0.2, -0.15) is 17.6 Å². The van der Waals surface area contributed by atoms with Crippen LogP contribution in [-0.4, -0.2) is 40.5 Å². The van der Waals surface area contributed by atoms with Gasteiger partial charge >= 0.3 is 6.18 Å². The van der Waals surface area contributed by atoms with Gasteiger partial charge in [-0.15, -0.1) is 5.10 Å². The minimum Gasteiger partial charge on any atom is -0.379 e. The molecule has 31 heavy (non-hydrogen) atoms. The summed E-state index contributed by atoms with van der Waals surface area (Å²) in [5, 5.41) is 13.1. The SMILES string of the molecule is Fc1n[nH]c2ccc3c(c12)CCCC(CC(F)(F)F)=C3c1ccc(NC2CNC2)cn1. The Morgan fingerprint density at radius 1 is 1.10 bits per heavy atom. The fraction of sp³-hybridized carbons (Fsp3) is 0.364. The van der Waals surface area contributed by atoms with Gasteiger partial charge in [0.2, 0.25) is 5.95 Å². The second-order valence-corrected chi connectivity index (χ2v) is 8.08. The number of pyridine rings is 1. The first-order valence-electron chi connectivity index (χ1n) is 10.3. The molecule has 0 spiro atoms. The van der Waals surface area contributed by atoms with Crippen molar-refractivity contribution >= 4 is 22.2 Å². The number of aromatic nitrogens is 3. The summed E-state index contributed by atoms with van der Waals surface area (Å²) in [5.41, 5.74) is 3.83. The maximum Gasteiger partial charge on any atom is 0.392 e. The molecule has 0 atom stereocenters. The van der Waals surface area contributed by atoms with Gasteiger partial charge in [0.25, 0.3) is 0 Å². The van der Waals surface area contributed by atoms with Gasteiger partial charge in [0.1, 0.15) is 0 Å². The van der Waals surface area contributed by atoms with E-state index in [0.29, 0.717) is 52.2 Å². The third-order valence-corrected chi connectivity index (χ3v) is 5.91. The van der Waals surface area contributed by atoms with Gasteiger partial charge in [0, 0.05) is 18.7 Å². The van der Waals surface area contributed by atoms with Crippen LogP contribution in [0.25, 0.3) is 16.5 Å². The van der Waals surface area contributed by atoms with Crippen LogP contribution >= 0.6 is 0 Å². The van der Waals surface area contributed by atoms with Gasteiger partial charge in [-0.25, -0.2) is 0 Å². The molecule has 162 valence electrons. The Bertz CT molecular complexity index is 1140. The van der Waals surface area contributed by atoms with Gasteiger partial charge in [-0.05, 0) is 48.6 Å². The standard InChI is InChI=1S/C22H21F4N5/c23-21-20-15-3-1-2-12(8-22(24,25)26)19(16(15)5-7-18(20)30-31-21)17-6-4-13(11-28-17)29-14-9-27-10-14/h4-7,11,14,27,29H,1-3,8-10H2,(H,30,31). The van der Waals surface area contributed by atoms with Crippen molar-refractivity contribution in [3.8, 4) is 0 Å². The average Bonchev–Trinajstić information content (AvgIpc) is 2.97. The number of fused-ring (bicyclic) bond motifs is 3. The van der Waals surface area contributed by atoms with Crippen molar-refractivity contribution in [2.45, 2.75) is 37.9 Å². The fourth-order valence-electron chi connectivity index (χ4n) is 4.42. The van der Waals surface area contributed by atoms with E-state index in [1.165, 1.54) is 0 Å². The Balaban J connectivity index is 1.64. The van der Waals surface area contributed by atoms with Crippen molar-refractivity contribution in [2.24, 2.45) is 0 Å². The molecule has 2 aliphatic rings. The Morgan fingerprint density at radius 3 is 2.61 bits per heavy atom. The second-order valence-electron chi connectivity index (χ2n) is 8.08. The molecule has 0 bridgehead atoms. The number of anilines is 1. The van der Waals surface area contributed by atoms with Crippen LogP contribution < -0.4 is 10.6 Å². The van der Waals surface area contributed by atoms with Crippen LogP contribution in [0.5, 0.6) is 0 Å². The highest BCUT2D eigenvalue weighted by Crippen LogP contribution is 2.41. The van der Waals surface area contributed by atoms with Crippen molar-refractivity contribution in [1.82, 2.24) is 20.5 Å². The van der Waals surface area contributed by atoms with Crippen LogP contribution in [0.1, 0.15) is 36.1 Å². The topological polar surface area (TPSA) is 65.6 Å². The van der Waals surface area contributed by atoms with Gasteiger partial charge in [0.05, 0.1) is 40.9 Å². The normalized spacial score (nSPS) is 17.4. The molecule has 3 aromatic rings. The summed E-state index contributed by atoms with van der Waals surface area (Å²) in [7, 11) is 0. The van der Waals surface area contributed by atoms with Gasteiger partial charge < -0.3 is 10.6 Å². The van der Waals surface area contributed by atoms with E-state index < -0.39 is 18.5 Å². The zero-order chi connectivity index (χ0) is 21.6. The predicted molar refractivity (Wildman–Crippen MR) is 110 cm³/mol. The number of rotatable bonds is 4. The predicted octanol–water partition coefficient (Wildman–Crippen LogP) is 4.57. The molecule has 1 saturated heterocycles. The summed E-state index contributed by atoms with van der Waals surface area (Å²) in [5.74, 6) is -0.632. The van der Waals surface area contributed by atoms with E-state index in [4.69, 9.17) is 0 Å². The van der Waals surface area contributed by atoms with E-state index in [9.17, 15) is 17.6 Å². The molecule has 5 rings (SSSR count). The van der Waals surface area contributed by atoms with E-state index in [1.54, 1.807) is 24.4 Å². The lowest BCUT2D eigenvalue weighted by atomic mass is 9.90. The second kappa shape index (κ2) is 7.64. The van der Waals surface area contributed by atoms with Gasteiger partial charge in [0.15, 0.2) is 0 Å². The van der Waals surface area contributed by atoms with Gasteiger partial charge in [-0.3, -0.25) is 10.1 Å². The van der Waals surface area contributed by atoms with Crippen LogP contribution in [-0.2, 0) is 6.42 Å². The molecule has 3 N–H and O–H groups in total. The fourth-order valence-corrected chi connectivity index (χ4v) is 4.42. The molecule has 2 aromatic heterocycles. The molecule has 1 aliphatic heterocycles. The van der Waals surface area contributed by atoms with E-state index in [-0.39, 0.29) is 12.0 Å². The van der Waals surface area contributed by atoms with Crippen molar-refractivity contribution in [2.75, 3.05) is 18.4 Å². The zero-order valence-electron chi connectivity index (χ0n) is 16.6. The minimum atomic E-state index is -4.34. The Morgan fingerprint density at radius 2 is 1.94 bits per heavy atom. The van der Waals surface area contributed by atoms with Crippen molar-refractivity contribution in [1.29, 1.82) is 0 Å². The number of aryl methyl sites for hydroxylation is 1. The monoisotopic (exact) mass is 431 g/mol. The van der Waals surface area contributed by atoms with Gasteiger partial charge in [-0.1, -0.05) is 11.6 Å². The van der Waals surface area contributed by atoms with Crippen molar-refractivity contribution in [3.05, 3.63) is 58.8 Å². The van der Waals surface area contributed by atoms with Crippen LogP contribution in [0, 0.1) is 5.95 Å². The summed E-state index contributed by atoms with van der Waals surface area (Å²) in [6.07, 6.45) is -2.45. The van der Waals surface area contributed by atoms with Crippen LogP contribution in [0.15, 0.2) is 36.0 Å². The van der Waals surface area contributed by atoms with E-state index in [1.807, 2.05) is 6.07 Å². The molecule has 0 radical (unpaired) electrons. The molecule has 1 aliphatic carbocycles. The number of nitrogens with one attached hydrogen (secondary N) is 3. The lowest BCUT2D eigenvalue weighted by molar-refractivity contribution is -0.127. The van der Waals surface area contributed by atoms with Crippen molar-refractivity contribution in [3.63, 3.8) is 0 Å². The van der Waals surface area contributed by atoms with E-state index in [0.717, 1.165) is 18.8 Å². The first-order chi connectivity index (χ1) is 14.9. The molecule has 9 heteroatoms. The number of aromatic amines is 1. The molecule has 0 saturated carbocycles. The molecule has 0 unspecified atom stereocenters. The van der Waals surface area contributed by atoms with Crippen LogP contribution in [0.4, 0.5) is 23.2 Å². The number of H-pyrrole nitrogens is 1. The highest BCUT2D eigenvalue weighted by atomic mass is 19.4. The first-order valence-corrected chi connectivity index (χ1v) is 10.3. The highest BCUT2D eigenvalue weighted by Gasteiger charge is 2.33.